The lowest BCUT2D eigenvalue weighted by atomic mass is 10.1. The van der Waals surface area contributed by atoms with Crippen LogP contribution in [0.3, 0.4) is 0 Å². The number of piperazine rings is 1. The summed E-state index contributed by atoms with van der Waals surface area (Å²) in [6.07, 6.45) is 3.19. The zero-order chi connectivity index (χ0) is 20.1. The molecule has 2 bridgehead atoms. The van der Waals surface area contributed by atoms with Crippen molar-refractivity contribution in [3.63, 3.8) is 0 Å². The van der Waals surface area contributed by atoms with E-state index in [1.807, 2.05) is 37.5 Å². The highest BCUT2D eigenvalue weighted by atomic mass is 16.6. The van der Waals surface area contributed by atoms with E-state index in [4.69, 9.17) is 4.74 Å². The van der Waals surface area contributed by atoms with E-state index in [2.05, 4.69) is 20.2 Å². The molecule has 2 atom stereocenters. The first kappa shape index (κ1) is 18.8. The van der Waals surface area contributed by atoms with Crippen molar-refractivity contribution in [1.29, 1.82) is 0 Å². The average molecular weight is 388 g/mol. The number of hydrogen-bond acceptors (Lipinski definition) is 7. The van der Waals surface area contributed by atoms with E-state index in [-0.39, 0.29) is 24.1 Å². The van der Waals surface area contributed by atoms with Crippen molar-refractivity contribution in [1.82, 2.24) is 14.9 Å². The van der Waals surface area contributed by atoms with Gasteiger partial charge in [0.25, 0.3) is 0 Å². The third-order valence-electron chi connectivity index (χ3n) is 5.48. The van der Waals surface area contributed by atoms with Crippen LogP contribution in [0.4, 0.5) is 22.1 Å². The molecule has 0 saturated carbocycles. The minimum Gasteiger partial charge on any atom is -0.444 e. The lowest BCUT2D eigenvalue weighted by Crippen LogP contribution is -2.57. The molecule has 0 aromatic carbocycles. The largest absolute Gasteiger partial charge is 0.444 e. The number of nitrogens with one attached hydrogen (secondary N) is 1. The molecule has 1 N–H and O–H groups in total. The number of nitrogens with zero attached hydrogens (tertiary/aromatic N) is 5. The second-order valence-corrected chi connectivity index (χ2v) is 8.63. The normalized spacial score (nSPS) is 24.1. The summed E-state index contributed by atoms with van der Waals surface area (Å²) in [6.45, 7) is 10.1. The van der Waals surface area contributed by atoms with Gasteiger partial charge < -0.3 is 19.9 Å². The lowest BCUT2D eigenvalue weighted by molar-refractivity contribution is -0.115. The Morgan fingerprint density at radius 2 is 1.93 bits per heavy atom. The summed E-state index contributed by atoms with van der Waals surface area (Å²) in [5.74, 6) is 1.33. The van der Waals surface area contributed by atoms with E-state index < -0.39 is 5.60 Å². The second kappa shape index (κ2) is 6.79. The quantitative estimate of drug-likeness (QED) is 0.827. The van der Waals surface area contributed by atoms with Gasteiger partial charge in [0, 0.05) is 19.6 Å². The predicted octanol–water partition coefficient (Wildman–Crippen LogP) is 1.84. The first-order valence-corrected chi connectivity index (χ1v) is 9.93. The Labute approximate surface area is 165 Å². The van der Waals surface area contributed by atoms with Crippen LogP contribution in [0.15, 0.2) is 6.33 Å². The van der Waals surface area contributed by atoms with Gasteiger partial charge in [0.05, 0.1) is 18.6 Å². The summed E-state index contributed by atoms with van der Waals surface area (Å²) in [5.41, 5.74) is 0.369. The van der Waals surface area contributed by atoms with E-state index in [9.17, 15) is 9.59 Å². The van der Waals surface area contributed by atoms with Crippen LogP contribution in [-0.4, -0.2) is 70.7 Å². The number of anilines is 3. The number of carbonyl (C=O) groups excluding carboxylic acids is 2. The SMILES string of the molecule is CCN1CC(=O)Nc2ncnc(N3CC4CCC(C3)N4C(=O)OC(C)(C)C)c21. The predicted molar refractivity (Wildman–Crippen MR) is 106 cm³/mol. The molecule has 3 aliphatic rings. The molecule has 2 unspecified atom stereocenters. The number of fused-ring (bicyclic) bond motifs is 3. The molecule has 0 radical (unpaired) electrons. The smallest absolute Gasteiger partial charge is 0.410 e. The van der Waals surface area contributed by atoms with Crippen LogP contribution in [0.5, 0.6) is 0 Å². The molecule has 2 saturated heterocycles. The number of hydrogen-bond donors (Lipinski definition) is 1. The summed E-state index contributed by atoms with van der Waals surface area (Å²) in [6, 6.07) is 0.208. The maximum absolute atomic E-state index is 12.7. The third kappa shape index (κ3) is 3.33. The molecule has 9 heteroatoms. The van der Waals surface area contributed by atoms with Gasteiger partial charge in [-0.15, -0.1) is 0 Å². The van der Waals surface area contributed by atoms with Gasteiger partial charge in [-0.25, -0.2) is 14.8 Å². The molecule has 1 aromatic heterocycles. The molecule has 0 aliphatic carbocycles. The Hall–Kier alpha value is -2.58. The molecule has 4 heterocycles. The summed E-state index contributed by atoms with van der Waals surface area (Å²) in [4.78, 5) is 39.6. The van der Waals surface area contributed by atoms with Gasteiger partial charge in [-0.3, -0.25) is 9.69 Å². The highest BCUT2D eigenvalue weighted by Crippen LogP contribution is 2.39. The molecule has 4 rings (SSSR count). The van der Waals surface area contributed by atoms with Gasteiger partial charge in [0.1, 0.15) is 17.6 Å². The molecule has 3 aliphatic heterocycles. The number of ether oxygens (including phenoxy) is 1. The molecular formula is C19H28N6O3. The highest BCUT2D eigenvalue weighted by molar-refractivity contribution is 6.02. The van der Waals surface area contributed by atoms with E-state index >= 15 is 0 Å². The number of amides is 2. The van der Waals surface area contributed by atoms with E-state index in [0.29, 0.717) is 32.0 Å². The highest BCUT2D eigenvalue weighted by Gasteiger charge is 2.45. The first-order chi connectivity index (χ1) is 13.3. The summed E-state index contributed by atoms with van der Waals surface area (Å²) >= 11 is 0. The average Bonchev–Trinajstić information content (AvgIpc) is 2.89. The van der Waals surface area contributed by atoms with Crippen molar-refractivity contribution in [2.24, 2.45) is 0 Å². The standard InChI is InChI=1S/C19H28N6O3/c1-5-23-10-14(26)22-16-15(23)17(21-11-20-16)24-8-12-6-7-13(9-24)25(12)18(27)28-19(2,3)4/h11-13H,5-10H2,1-4H3,(H,20,21,22,26). The van der Waals surface area contributed by atoms with Gasteiger partial charge >= 0.3 is 6.09 Å². The van der Waals surface area contributed by atoms with Crippen molar-refractivity contribution in [2.45, 2.75) is 58.2 Å². The van der Waals surface area contributed by atoms with E-state index in [1.54, 1.807) is 0 Å². The van der Waals surface area contributed by atoms with Crippen LogP contribution in [0.25, 0.3) is 0 Å². The summed E-state index contributed by atoms with van der Waals surface area (Å²) in [5, 5.41) is 2.85. The van der Waals surface area contributed by atoms with Crippen LogP contribution in [-0.2, 0) is 9.53 Å². The molecule has 28 heavy (non-hydrogen) atoms. The fourth-order valence-electron chi connectivity index (χ4n) is 4.37. The van der Waals surface area contributed by atoms with Crippen LogP contribution in [0, 0.1) is 0 Å². The van der Waals surface area contributed by atoms with Crippen LogP contribution in [0.2, 0.25) is 0 Å². The molecule has 2 amide bonds. The molecular weight excluding hydrogens is 360 g/mol. The molecule has 152 valence electrons. The van der Waals surface area contributed by atoms with Gasteiger partial charge in [0.15, 0.2) is 11.6 Å². The minimum atomic E-state index is -0.501. The molecule has 9 nitrogen and oxygen atoms in total. The van der Waals surface area contributed by atoms with Crippen molar-refractivity contribution in [3.8, 4) is 0 Å². The second-order valence-electron chi connectivity index (χ2n) is 8.63. The van der Waals surface area contributed by atoms with Crippen molar-refractivity contribution in [2.75, 3.05) is 41.3 Å². The first-order valence-electron chi connectivity index (χ1n) is 9.93. The van der Waals surface area contributed by atoms with Crippen molar-refractivity contribution in [3.05, 3.63) is 6.33 Å². The zero-order valence-corrected chi connectivity index (χ0v) is 16.9. The van der Waals surface area contributed by atoms with E-state index in [0.717, 1.165) is 24.3 Å². The molecule has 0 spiro atoms. The monoisotopic (exact) mass is 388 g/mol. The van der Waals surface area contributed by atoms with Gasteiger partial charge in [-0.05, 0) is 40.5 Å². The van der Waals surface area contributed by atoms with Crippen molar-refractivity contribution < 1.29 is 14.3 Å². The number of rotatable bonds is 2. The van der Waals surface area contributed by atoms with Crippen LogP contribution in [0.1, 0.15) is 40.5 Å². The fraction of sp³-hybridized carbons (Fsp3) is 0.684. The van der Waals surface area contributed by atoms with Gasteiger partial charge in [-0.1, -0.05) is 0 Å². The Bertz CT molecular complexity index is 778. The van der Waals surface area contributed by atoms with Gasteiger partial charge in [-0.2, -0.15) is 0 Å². The Kier molecular flexibility index (Phi) is 4.55. The number of likely N-dealkylation sites (N-methyl/N-ethyl adjacent to an activating group) is 1. The summed E-state index contributed by atoms with van der Waals surface area (Å²) in [7, 11) is 0. The maximum atomic E-state index is 12.7. The molecule has 1 aromatic rings. The Balaban J connectivity index is 1.59. The number of aromatic nitrogens is 2. The number of carbonyl (C=O) groups is 2. The Morgan fingerprint density at radius 3 is 2.54 bits per heavy atom. The molecule has 2 fully saturated rings. The van der Waals surface area contributed by atoms with Gasteiger partial charge in [0.2, 0.25) is 5.91 Å². The summed E-state index contributed by atoms with van der Waals surface area (Å²) < 4.78 is 5.62. The minimum absolute atomic E-state index is 0.0613. The lowest BCUT2D eigenvalue weighted by Gasteiger charge is -2.43. The topological polar surface area (TPSA) is 90.9 Å². The van der Waals surface area contributed by atoms with Crippen molar-refractivity contribution >= 4 is 29.3 Å². The van der Waals surface area contributed by atoms with E-state index in [1.165, 1.54) is 6.33 Å². The maximum Gasteiger partial charge on any atom is 0.410 e. The van der Waals surface area contributed by atoms with Crippen LogP contribution >= 0.6 is 0 Å². The Morgan fingerprint density at radius 1 is 1.25 bits per heavy atom. The van der Waals surface area contributed by atoms with Crippen LogP contribution < -0.4 is 15.1 Å². The zero-order valence-electron chi connectivity index (χ0n) is 16.9. The third-order valence-corrected chi connectivity index (χ3v) is 5.48. The fourth-order valence-corrected chi connectivity index (χ4v) is 4.37.